The third-order valence-corrected chi connectivity index (χ3v) is 3.33. The highest BCUT2D eigenvalue weighted by molar-refractivity contribution is 5.39. The normalized spacial score (nSPS) is 10.8. The fourth-order valence-electron chi connectivity index (χ4n) is 2.32. The van der Waals surface area contributed by atoms with Crippen molar-refractivity contribution < 1.29 is 4.92 Å². The van der Waals surface area contributed by atoms with Gasteiger partial charge in [-0.25, -0.2) is 0 Å². The smallest absolute Gasteiger partial charge is 0.273 e. The Morgan fingerprint density at radius 2 is 2.10 bits per heavy atom. The van der Waals surface area contributed by atoms with E-state index in [0.29, 0.717) is 12.1 Å². The predicted molar refractivity (Wildman–Crippen MR) is 81.1 cm³/mol. The van der Waals surface area contributed by atoms with E-state index in [0.717, 1.165) is 30.9 Å². The van der Waals surface area contributed by atoms with Crippen LogP contribution in [0.4, 0.5) is 5.69 Å². The Bertz CT molecular complexity index is 622. The first-order chi connectivity index (χ1) is 10.1. The number of nitrogens with zero attached hydrogens (tertiary/aromatic N) is 3. The van der Waals surface area contributed by atoms with Crippen molar-refractivity contribution in [2.45, 2.75) is 33.4 Å². The van der Waals surface area contributed by atoms with Gasteiger partial charge in [-0.2, -0.15) is 5.10 Å². The maximum atomic E-state index is 10.9. The van der Waals surface area contributed by atoms with Crippen molar-refractivity contribution in [3.8, 4) is 0 Å². The molecule has 0 bridgehead atoms. The Morgan fingerprint density at radius 1 is 1.33 bits per heavy atom. The molecule has 0 spiro atoms. The van der Waals surface area contributed by atoms with E-state index < -0.39 is 0 Å². The lowest BCUT2D eigenvalue weighted by Gasteiger charge is -2.07. The van der Waals surface area contributed by atoms with Crippen LogP contribution in [0.1, 0.15) is 23.4 Å². The van der Waals surface area contributed by atoms with Gasteiger partial charge < -0.3 is 5.32 Å². The van der Waals surface area contributed by atoms with Gasteiger partial charge in [0.1, 0.15) is 0 Å². The Balaban J connectivity index is 1.78. The number of nitrogens with one attached hydrogen (secondary N) is 1. The van der Waals surface area contributed by atoms with E-state index in [2.05, 4.69) is 16.5 Å². The van der Waals surface area contributed by atoms with Crippen LogP contribution in [0, 0.1) is 24.0 Å². The zero-order valence-corrected chi connectivity index (χ0v) is 12.4. The van der Waals surface area contributed by atoms with Crippen LogP contribution in [0.25, 0.3) is 0 Å². The second-order valence-electron chi connectivity index (χ2n) is 5.07. The van der Waals surface area contributed by atoms with Gasteiger partial charge in [-0.05, 0) is 32.9 Å². The third-order valence-electron chi connectivity index (χ3n) is 3.33. The summed E-state index contributed by atoms with van der Waals surface area (Å²) in [7, 11) is 0. The van der Waals surface area contributed by atoms with Crippen LogP contribution in [0.2, 0.25) is 0 Å². The van der Waals surface area contributed by atoms with Gasteiger partial charge in [0.25, 0.3) is 5.69 Å². The molecule has 1 aromatic heterocycles. The Hall–Kier alpha value is -2.21. The zero-order chi connectivity index (χ0) is 15.2. The van der Waals surface area contributed by atoms with Gasteiger partial charge in [0, 0.05) is 30.4 Å². The minimum absolute atomic E-state index is 0.170. The van der Waals surface area contributed by atoms with E-state index >= 15 is 0 Å². The van der Waals surface area contributed by atoms with Crippen LogP contribution in [0.5, 0.6) is 0 Å². The topological polar surface area (TPSA) is 73.0 Å². The molecule has 0 amide bonds. The number of nitro benzene ring substituents is 1. The minimum Gasteiger partial charge on any atom is -0.312 e. The summed E-state index contributed by atoms with van der Waals surface area (Å²) in [4.78, 5) is 10.6. The average Bonchev–Trinajstić information content (AvgIpc) is 2.77. The summed E-state index contributed by atoms with van der Waals surface area (Å²) >= 11 is 0. The summed E-state index contributed by atoms with van der Waals surface area (Å²) < 4.78 is 1.99. The largest absolute Gasteiger partial charge is 0.312 e. The first-order valence-electron chi connectivity index (χ1n) is 7.02. The Labute approximate surface area is 123 Å². The predicted octanol–water partition coefficient (Wildman–Crippen LogP) is 2.59. The lowest BCUT2D eigenvalue weighted by atomic mass is 10.2. The third kappa shape index (κ3) is 4.13. The van der Waals surface area contributed by atoms with Crippen molar-refractivity contribution >= 4 is 5.69 Å². The molecule has 0 aliphatic carbocycles. The summed E-state index contributed by atoms with van der Waals surface area (Å²) in [5.74, 6) is 0. The maximum absolute atomic E-state index is 10.9. The number of hydrogen-bond acceptors (Lipinski definition) is 4. The van der Waals surface area contributed by atoms with Crippen LogP contribution in [0.3, 0.4) is 0 Å². The fourth-order valence-corrected chi connectivity index (χ4v) is 2.32. The summed E-state index contributed by atoms with van der Waals surface area (Å²) in [5, 5.41) is 18.6. The molecular formula is C15H20N4O2. The van der Waals surface area contributed by atoms with Crippen molar-refractivity contribution in [2.75, 3.05) is 6.54 Å². The molecule has 2 aromatic rings. The molecule has 0 atom stereocenters. The number of para-hydroxylation sites is 1. The van der Waals surface area contributed by atoms with Gasteiger partial charge in [-0.1, -0.05) is 18.2 Å². The van der Waals surface area contributed by atoms with Crippen molar-refractivity contribution in [3.63, 3.8) is 0 Å². The molecule has 0 aliphatic heterocycles. The summed E-state index contributed by atoms with van der Waals surface area (Å²) in [6.45, 7) is 6.18. The van der Waals surface area contributed by atoms with E-state index in [1.54, 1.807) is 12.1 Å². The average molecular weight is 288 g/mol. The van der Waals surface area contributed by atoms with Gasteiger partial charge in [-0.15, -0.1) is 0 Å². The van der Waals surface area contributed by atoms with E-state index in [1.165, 1.54) is 6.07 Å². The van der Waals surface area contributed by atoms with Gasteiger partial charge in [0.15, 0.2) is 0 Å². The molecule has 6 heteroatoms. The Kier molecular flexibility index (Phi) is 5.05. The van der Waals surface area contributed by atoms with Crippen molar-refractivity contribution in [1.82, 2.24) is 15.1 Å². The standard InChI is InChI=1S/C15H20N4O2/c1-12-10-13(2)18(17-12)9-5-8-16-11-14-6-3-4-7-15(14)19(20)21/h3-4,6-7,10,16H,5,8-9,11H2,1-2H3. The number of aromatic nitrogens is 2. The molecule has 1 N–H and O–H groups in total. The highest BCUT2D eigenvalue weighted by Crippen LogP contribution is 2.16. The number of hydrogen-bond donors (Lipinski definition) is 1. The summed E-state index contributed by atoms with van der Waals surface area (Å²) in [6.07, 6.45) is 0.933. The molecular weight excluding hydrogens is 268 g/mol. The molecule has 0 saturated heterocycles. The quantitative estimate of drug-likeness (QED) is 0.483. The number of nitro groups is 1. The number of benzene rings is 1. The molecule has 0 aliphatic rings. The van der Waals surface area contributed by atoms with Gasteiger partial charge >= 0.3 is 0 Å². The highest BCUT2D eigenvalue weighted by atomic mass is 16.6. The lowest BCUT2D eigenvalue weighted by molar-refractivity contribution is -0.385. The maximum Gasteiger partial charge on any atom is 0.273 e. The van der Waals surface area contributed by atoms with Crippen molar-refractivity contribution in [1.29, 1.82) is 0 Å². The molecule has 2 rings (SSSR count). The van der Waals surface area contributed by atoms with Crippen molar-refractivity contribution in [3.05, 3.63) is 57.4 Å². The Morgan fingerprint density at radius 3 is 2.76 bits per heavy atom. The molecule has 0 saturated carbocycles. The van der Waals surface area contributed by atoms with Crippen LogP contribution < -0.4 is 5.32 Å². The van der Waals surface area contributed by atoms with Crippen LogP contribution in [0.15, 0.2) is 30.3 Å². The van der Waals surface area contributed by atoms with Gasteiger partial charge in [-0.3, -0.25) is 14.8 Å². The van der Waals surface area contributed by atoms with E-state index in [4.69, 9.17) is 0 Å². The molecule has 6 nitrogen and oxygen atoms in total. The van der Waals surface area contributed by atoms with Crippen LogP contribution in [-0.4, -0.2) is 21.2 Å². The summed E-state index contributed by atoms with van der Waals surface area (Å²) in [6, 6.07) is 8.88. The first kappa shape index (κ1) is 15.2. The van der Waals surface area contributed by atoms with Gasteiger partial charge in [0.2, 0.25) is 0 Å². The van der Waals surface area contributed by atoms with E-state index in [-0.39, 0.29) is 10.6 Å². The second kappa shape index (κ2) is 6.99. The van der Waals surface area contributed by atoms with E-state index in [9.17, 15) is 10.1 Å². The number of rotatable bonds is 7. The molecule has 112 valence electrons. The zero-order valence-electron chi connectivity index (χ0n) is 12.4. The van der Waals surface area contributed by atoms with E-state index in [1.807, 2.05) is 24.6 Å². The molecule has 0 fully saturated rings. The monoisotopic (exact) mass is 288 g/mol. The van der Waals surface area contributed by atoms with Crippen LogP contribution >= 0.6 is 0 Å². The second-order valence-corrected chi connectivity index (χ2v) is 5.07. The molecule has 21 heavy (non-hydrogen) atoms. The minimum atomic E-state index is -0.340. The summed E-state index contributed by atoms with van der Waals surface area (Å²) in [5.41, 5.74) is 3.07. The molecule has 1 aromatic carbocycles. The van der Waals surface area contributed by atoms with Crippen molar-refractivity contribution in [2.24, 2.45) is 0 Å². The first-order valence-corrected chi connectivity index (χ1v) is 7.02. The molecule has 1 heterocycles. The fraction of sp³-hybridized carbons (Fsp3) is 0.400. The highest BCUT2D eigenvalue weighted by Gasteiger charge is 2.11. The van der Waals surface area contributed by atoms with Gasteiger partial charge in [0.05, 0.1) is 10.6 Å². The molecule has 0 radical (unpaired) electrons. The lowest BCUT2D eigenvalue weighted by Crippen LogP contribution is -2.17. The van der Waals surface area contributed by atoms with Crippen LogP contribution in [-0.2, 0) is 13.1 Å². The number of aryl methyl sites for hydroxylation is 3. The SMILES string of the molecule is Cc1cc(C)n(CCCNCc2ccccc2[N+](=O)[O-])n1. The molecule has 0 unspecified atom stereocenters.